The number of allylic oxidation sites excluding steroid dienone is 2. The lowest BCUT2D eigenvalue weighted by Crippen LogP contribution is -2.16. The van der Waals surface area contributed by atoms with Gasteiger partial charge in [-0.25, -0.2) is 0 Å². The molecular weight excluding hydrogens is 294 g/mol. The predicted octanol–water partition coefficient (Wildman–Crippen LogP) is 4.55. The standard InChI is InChI=1S/C11H18ClI/c1-3-11(13)7-9-4-5-10(12)6-8(9)2/h7-8,10-11H,3-6H2,1-2H3/b9-7-. The molecular formula is C11H18ClI. The fourth-order valence-electron chi connectivity index (χ4n) is 1.82. The lowest BCUT2D eigenvalue weighted by Gasteiger charge is -2.26. The number of rotatable bonds is 2. The quantitative estimate of drug-likeness (QED) is 0.398. The zero-order valence-corrected chi connectivity index (χ0v) is 11.3. The van der Waals surface area contributed by atoms with E-state index in [1.165, 1.54) is 25.7 Å². The van der Waals surface area contributed by atoms with Crippen molar-refractivity contribution in [2.45, 2.75) is 48.8 Å². The molecule has 0 amide bonds. The first-order valence-corrected chi connectivity index (χ1v) is 6.80. The monoisotopic (exact) mass is 312 g/mol. The Bertz CT molecular complexity index is 189. The van der Waals surface area contributed by atoms with Crippen LogP contribution in [0, 0.1) is 5.92 Å². The van der Waals surface area contributed by atoms with Crippen LogP contribution in [0.15, 0.2) is 11.6 Å². The van der Waals surface area contributed by atoms with E-state index in [1.54, 1.807) is 5.57 Å². The normalized spacial score (nSPS) is 34.9. The molecule has 0 nitrogen and oxygen atoms in total. The Hall–Kier alpha value is 0.760. The molecule has 3 unspecified atom stereocenters. The molecule has 13 heavy (non-hydrogen) atoms. The van der Waals surface area contributed by atoms with Crippen LogP contribution < -0.4 is 0 Å². The van der Waals surface area contributed by atoms with Crippen molar-refractivity contribution in [1.82, 2.24) is 0 Å². The van der Waals surface area contributed by atoms with Crippen molar-refractivity contribution >= 4 is 34.2 Å². The first-order chi connectivity index (χ1) is 6.13. The lowest BCUT2D eigenvalue weighted by molar-refractivity contribution is 0.488. The molecule has 0 aliphatic heterocycles. The van der Waals surface area contributed by atoms with Gasteiger partial charge in [0.2, 0.25) is 0 Å². The van der Waals surface area contributed by atoms with Crippen molar-refractivity contribution in [3.05, 3.63) is 11.6 Å². The van der Waals surface area contributed by atoms with Crippen molar-refractivity contribution < 1.29 is 0 Å². The zero-order valence-electron chi connectivity index (χ0n) is 8.39. The highest BCUT2D eigenvalue weighted by atomic mass is 127. The highest BCUT2D eigenvalue weighted by Gasteiger charge is 2.21. The minimum atomic E-state index is 0.418. The van der Waals surface area contributed by atoms with Gasteiger partial charge in [-0.1, -0.05) is 48.1 Å². The molecule has 0 aromatic carbocycles. The molecule has 76 valence electrons. The lowest BCUT2D eigenvalue weighted by atomic mass is 9.84. The van der Waals surface area contributed by atoms with Gasteiger partial charge in [-0.05, 0) is 31.6 Å². The van der Waals surface area contributed by atoms with Crippen LogP contribution in [-0.2, 0) is 0 Å². The van der Waals surface area contributed by atoms with Gasteiger partial charge < -0.3 is 0 Å². The fourth-order valence-corrected chi connectivity index (χ4v) is 2.66. The van der Waals surface area contributed by atoms with Crippen molar-refractivity contribution in [2.24, 2.45) is 5.92 Å². The number of alkyl halides is 2. The molecule has 0 N–H and O–H groups in total. The van der Waals surface area contributed by atoms with Crippen LogP contribution >= 0.6 is 34.2 Å². The molecule has 0 spiro atoms. The number of hydrogen-bond donors (Lipinski definition) is 0. The molecule has 1 saturated carbocycles. The van der Waals surface area contributed by atoms with Gasteiger partial charge in [-0.2, -0.15) is 0 Å². The van der Waals surface area contributed by atoms with E-state index in [1.807, 2.05) is 0 Å². The molecule has 2 heteroatoms. The molecule has 1 aliphatic carbocycles. The third-order valence-electron chi connectivity index (χ3n) is 2.77. The minimum Gasteiger partial charge on any atom is -0.123 e. The van der Waals surface area contributed by atoms with Gasteiger partial charge in [0.1, 0.15) is 0 Å². The van der Waals surface area contributed by atoms with Crippen LogP contribution in [0.2, 0.25) is 0 Å². The second kappa shape index (κ2) is 5.59. The second-order valence-corrected chi connectivity index (χ2v) is 6.16. The molecule has 0 saturated heterocycles. The number of halogens is 2. The van der Waals surface area contributed by atoms with E-state index in [0.29, 0.717) is 15.2 Å². The van der Waals surface area contributed by atoms with E-state index in [-0.39, 0.29) is 0 Å². The molecule has 0 aromatic rings. The summed E-state index contributed by atoms with van der Waals surface area (Å²) in [6.45, 7) is 4.55. The summed E-state index contributed by atoms with van der Waals surface area (Å²) in [7, 11) is 0. The van der Waals surface area contributed by atoms with Gasteiger partial charge in [-0.3, -0.25) is 0 Å². The molecule has 0 aromatic heterocycles. The summed E-state index contributed by atoms with van der Waals surface area (Å²) in [5.74, 6) is 0.708. The maximum absolute atomic E-state index is 6.12. The van der Waals surface area contributed by atoms with Gasteiger partial charge in [0.15, 0.2) is 0 Å². The molecule has 0 radical (unpaired) electrons. The van der Waals surface area contributed by atoms with Gasteiger partial charge in [-0.15, -0.1) is 11.6 Å². The van der Waals surface area contributed by atoms with E-state index >= 15 is 0 Å². The molecule has 1 aliphatic rings. The summed E-state index contributed by atoms with van der Waals surface area (Å²) >= 11 is 8.63. The predicted molar refractivity (Wildman–Crippen MR) is 68.8 cm³/mol. The topological polar surface area (TPSA) is 0 Å². The minimum absolute atomic E-state index is 0.418. The third kappa shape index (κ3) is 3.78. The maximum Gasteiger partial charge on any atom is 0.0344 e. The first kappa shape index (κ1) is 11.8. The van der Waals surface area contributed by atoms with Crippen LogP contribution in [0.4, 0.5) is 0 Å². The van der Waals surface area contributed by atoms with Crippen LogP contribution in [-0.4, -0.2) is 9.30 Å². The Labute approximate surface area is 100 Å². The van der Waals surface area contributed by atoms with Gasteiger partial charge in [0, 0.05) is 9.30 Å². The van der Waals surface area contributed by atoms with Crippen LogP contribution in [0.25, 0.3) is 0 Å². The van der Waals surface area contributed by atoms with Gasteiger partial charge in [0.05, 0.1) is 0 Å². The smallest absolute Gasteiger partial charge is 0.0344 e. The Morgan fingerprint density at radius 1 is 1.69 bits per heavy atom. The van der Waals surface area contributed by atoms with Crippen molar-refractivity contribution in [3.63, 3.8) is 0 Å². The highest BCUT2D eigenvalue weighted by molar-refractivity contribution is 14.1. The molecule has 1 rings (SSSR count). The Morgan fingerprint density at radius 3 is 2.92 bits per heavy atom. The Morgan fingerprint density at radius 2 is 2.38 bits per heavy atom. The average Bonchev–Trinajstić information content (AvgIpc) is 2.09. The maximum atomic E-state index is 6.12. The fraction of sp³-hybridized carbons (Fsp3) is 0.818. The van der Waals surface area contributed by atoms with E-state index in [2.05, 4.69) is 42.5 Å². The van der Waals surface area contributed by atoms with Crippen molar-refractivity contribution in [2.75, 3.05) is 0 Å². The summed E-state index contributed by atoms with van der Waals surface area (Å²) in [6, 6.07) is 0. The molecule has 0 bridgehead atoms. The Kier molecular flexibility index (Phi) is 5.09. The summed E-state index contributed by atoms with van der Waals surface area (Å²) in [6.07, 6.45) is 7.25. The van der Waals surface area contributed by atoms with Crippen molar-refractivity contribution in [3.8, 4) is 0 Å². The van der Waals surface area contributed by atoms with Crippen molar-refractivity contribution in [1.29, 1.82) is 0 Å². The van der Waals surface area contributed by atoms with Crippen LogP contribution in [0.3, 0.4) is 0 Å². The van der Waals surface area contributed by atoms with Crippen LogP contribution in [0.1, 0.15) is 39.5 Å². The van der Waals surface area contributed by atoms with E-state index < -0.39 is 0 Å². The van der Waals surface area contributed by atoms with Gasteiger partial charge >= 0.3 is 0 Å². The van der Waals surface area contributed by atoms with Gasteiger partial charge in [0.25, 0.3) is 0 Å². The Balaban J connectivity index is 2.55. The third-order valence-corrected chi connectivity index (χ3v) is 4.41. The van der Waals surface area contributed by atoms with E-state index in [4.69, 9.17) is 11.6 Å². The van der Waals surface area contributed by atoms with E-state index in [0.717, 1.165) is 0 Å². The second-order valence-electron chi connectivity index (χ2n) is 3.94. The average molecular weight is 313 g/mol. The summed E-state index contributed by atoms with van der Waals surface area (Å²) in [4.78, 5) is 0. The molecule has 1 fully saturated rings. The summed E-state index contributed by atoms with van der Waals surface area (Å²) in [5.41, 5.74) is 1.64. The molecule has 0 heterocycles. The highest BCUT2D eigenvalue weighted by Crippen LogP contribution is 2.33. The number of hydrogen-bond acceptors (Lipinski definition) is 0. The van der Waals surface area contributed by atoms with Crippen LogP contribution in [0.5, 0.6) is 0 Å². The largest absolute Gasteiger partial charge is 0.123 e. The summed E-state index contributed by atoms with van der Waals surface area (Å²) in [5, 5.41) is 0.418. The first-order valence-electron chi connectivity index (χ1n) is 5.12. The zero-order chi connectivity index (χ0) is 9.84. The molecule has 3 atom stereocenters. The SMILES string of the molecule is CCC(I)/C=C1/CCC(Cl)CC1C. The summed E-state index contributed by atoms with van der Waals surface area (Å²) < 4.78 is 0.710. The van der Waals surface area contributed by atoms with E-state index in [9.17, 15) is 0 Å².